The minimum absolute atomic E-state index is 0.0345. The molecule has 3 aromatic heterocycles. The van der Waals surface area contributed by atoms with Gasteiger partial charge in [-0.25, -0.2) is 4.98 Å². The molecule has 1 fully saturated rings. The molecule has 1 aliphatic rings. The molecule has 4 rings (SSSR count). The highest BCUT2D eigenvalue weighted by Crippen LogP contribution is 2.27. The van der Waals surface area contributed by atoms with Crippen LogP contribution < -0.4 is 0 Å². The summed E-state index contributed by atoms with van der Waals surface area (Å²) in [6.07, 6.45) is 11.4. The van der Waals surface area contributed by atoms with Gasteiger partial charge in [-0.2, -0.15) is 0 Å². The monoisotopic (exact) mass is 395 g/mol. The second-order valence-electron chi connectivity index (χ2n) is 8.84. The lowest BCUT2D eigenvalue weighted by molar-refractivity contribution is 0.0703. The van der Waals surface area contributed by atoms with E-state index in [1.165, 1.54) is 0 Å². The molecule has 1 atom stereocenters. The smallest absolute Gasteiger partial charge is 0.255 e. The number of rotatable bonds is 4. The summed E-state index contributed by atoms with van der Waals surface area (Å²) in [4.78, 5) is 19.1. The second kappa shape index (κ2) is 7.50. The summed E-state index contributed by atoms with van der Waals surface area (Å²) in [6, 6.07) is 1.92. The number of nitrogens with zero attached hydrogens (tertiary/aromatic N) is 7. The lowest BCUT2D eigenvalue weighted by Crippen LogP contribution is -2.39. The number of aromatic nitrogens is 6. The molecule has 1 amide bonds. The molecule has 0 N–H and O–H groups in total. The van der Waals surface area contributed by atoms with Crippen LogP contribution in [0.3, 0.4) is 0 Å². The Balaban J connectivity index is 1.48. The van der Waals surface area contributed by atoms with Crippen LogP contribution in [0.5, 0.6) is 0 Å². The number of likely N-dealkylation sites (tertiary alicyclic amines) is 1. The zero-order chi connectivity index (χ0) is 20.6. The minimum atomic E-state index is -0.0345. The zero-order valence-corrected chi connectivity index (χ0v) is 17.6. The Labute approximate surface area is 171 Å². The van der Waals surface area contributed by atoms with Crippen LogP contribution in [0, 0.1) is 0 Å². The van der Waals surface area contributed by atoms with E-state index in [1.807, 2.05) is 41.2 Å². The molecule has 1 aliphatic heterocycles. The van der Waals surface area contributed by atoms with Gasteiger partial charge in [0.1, 0.15) is 5.82 Å². The predicted octanol–water partition coefficient (Wildman–Crippen LogP) is 2.64. The van der Waals surface area contributed by atoms with Gasteiger partial charge in [-0.1, -0.05) is 0 Å². The van der Waals surface area contributed by atoms with Crippen LogP contribution in [0.2, 0.25) is 0 Å². The van der Waals surface area contributed by atoms with Gasteiger partial charge in [0, 0.05) is 56.4 Å². The van der Waals surface area contributed by atoms with Gasteiger partial charge in [-0.3, -0.25) is 4.79 Å². The van der Waals surface area contributed by atoms with Crippen LogP contribution in [-0.2, 0) is 19.1 Å². The highest BCUT2D eigenvalue weighted by Gasteiger charge is 2.29. The number of hydrogen-bond donors (Lipinski definition) is 0. The molecule has 0 bridgehead atoms. The Morgan fingerprint density at radius 1 is 1.24 bits per heavy atom. The van der Waals surface area contributed by atoms with E-state index in [-0.39, 0.29) is 17.4 Å². The molecule has 0 saturated carbocycles. The number of piperidine rings is 1. The van der Waals surface area contributed by atoms with Crippen molar-refractivity contribution in [2.75, 3.05) is 13.1 Å². The Morgan fingerprint density at radius 2 is 2.07 bits per heavy atom. The molecule has 154 valence electrons. The average Bonchev–Trinajstić information content (AvgIpc) is 3.43. The van der Waals surface area contributed by atoms with Crippen molar-refractivity contribution in [1.82, 2.24) is 33.8 Å². The van der Waals surface area contributed by atoms with E-state index in [4.69, 9.17) is 0 Å². The quantitative estimate of drug-likeness (QED) is 0.681. The fraction of sp³-hybridized carbons (Fsp3) is 0.524. The maximum absolute atomic E-state index is 13.1. The SMILES string of the molecule is Cn1c(Cn2ccnc2)nnc1[C@H]1CCCN(C(=O)c2ccn(C(C)(C)C)c2)C1. The summed E-state index contributed by atoms with van der Waals surface area (Å²) in [5.41, 5.74) is 0.715. The van der Waals surface area contributed by atoms with Crippen LogP contribution in [0.4, 0.5) is 0 Å². The number of imidazole rings is 1. The number of amides is 1. The van der Waals surface area contributed by atoms with Crippen molar-refractivity contribution in [3.63, 3.8) is 0 Å². The number of hydrogen-bond acceptors (Lipinski definition) is 4. The van der Waals surface area contributed by atoms with Gasteiger partial charge in [0.05, 0.1) is 18.4 Å². The van der Waals surface area contributed by atoms with E-state index >= 15 is 0 Å². The molecule has 29 heavy (non-hydrogen) atoms. The molecular formula is C21H29N7O. The van der Waals surface area contributed by atoms with E-state index in [0.717, 1.165) is 36.6 Å². The summed E-state index contributed by atoms with van der Waals surface area (Å²) in [5.74, 6) is 2.14. The van der Waals surface area contributed by atoms with Crippen molar-refractivity contribution in [3.05, 3.63) is 54.4 Å². The zero-order valence-electron chi connectivity index (χ0n) is 17.6. The first kappa shape index (κ1) is 19.4. The largest absolute Gasteiger partial charge is 0.348 e. The maximum atomic E-state index is 13.1. The molecule has 0 unspecified atom stereocenters. The van der Waals surface area contributed by atoms with Crippen molar-refractivity contribution in [1.29, 1.82) is 0 Å². The highest BCUT2D eigenvalue weighted by molar-refractivity contribution is 5.94. The third-order valence-corrected chi connectivity index (χ3v) is 5.67. The molecule has 4 heterocycles. The van der Waals surface area contributed by atoms with Crippen molar-refractivity contribution in [3.8, 4) is 0 Å². The first-order valence-electron chi connectivity index (χ1n) is 10.1. The van der Waals surface area contributed by atoms with Gasteiger partial charge in [0.2, 0.25) is 0 Å². The Bertz CT molecular complexity index is 977. The van der Waals surface area contributed by atoms with E-state index in [1.54, 1.807) is 12.5 Å². The average molecular weight is 396 g/mol. The topological polar surface area (TPSA) is 73.8 Å². The fourth-order valence-electron chi connectivity index (χ4n) is 3.91. The van der Waals surface area contributed by atoms with Gasteiger partial charge in [-0.05, 0) is 39.7 Å². The van der Waals surface area contributed by atoms with Gasteiger partial charge in [-0.15, -0.1) is 10.2 Å². The van der Waals surface area contributed by atoms with Crippen LogP contribution >= 0.6 is 0 Å². The molecule has 1 saturated heterocycles. The lowest BCUT2D eigenvalue weighted by Gasteiger charge is -2.32. The molecule has 0 aromatic carbocycles. The van der Waals surface area contributed by atoms with Gasteiger partial charge in [0.25, 0.3) is 5.91 Å². The molecule has 0 aliphatic carbocycles. The summed E-state index contributed by atoms with van der Waals surface area (Å²) < 4.78 is 6.13. The first-order valence-corrected chi connectivity index (χ1v) is 10.1. The molecule has 8 nitrogen and oxygen atoms in total. The molecule has 0 radical (unpaired) electrons. The van der Waals surface area contributed by atoms with E-state index in [9.17, 15) is 4.79 Å². The highest BCUT2D eigenvalue weighted by atomic mass is 16.2. The van der Waals surface area contributed by atoms with Crippen LogP contribution in [0.1, 0.15) is 61.5 Å². The number of carbonyl (C=O) groups excluding carboxylic acids is 1. The van der Waals surface area contributed by atoms with Gasteiger partial charge in [0.15, 0.2) is 5.82 Å². The normalized spacial score (nSPS) is 17.7. The van der Waals surface area contributed by atoms with Crippen molar-refractivity contribution in [2.24, 2.45) is 7.05 Å². The van der Waals surface area contributed by atoms with E-state index in [0.29, 0.717) is 13.1 Å². The minimum Gasteiger partial charge on any atom is -0.348 e. The maximum Gasteiger partial charge on any atom is 0.255 e. The third-order valence-electron chi connectivity index (χ3n) is 5.67. The molecule has 3 aromatic rings. The van der Waals surface area contributed by atoms with Crippen LogP contribution in [0.15, 0.2) is 37.2 Å². The summed E-state index contributed by atoms with van der Waals surface area (Å²) >= 11 is 0. The lowest BCUT2D eigenvalue weighted by atomic mass is 9.96. The summed E-state index contributed by atoms with van der Waals surface area (Å²) in [6.45, 7) is 8.50. The first-order chi connectivity index (χ1) is 13.8. The molecule has 0 spiro atoms. The van der Waals surface area contributed by atoms with E-state index in [2.05, 4.69) is 45.1 Å². The fourth-order valence-corrected chi connectivity index (χ4v) is 3.91. The number of carbonyl (C=O) groups is 1. The predicted molar refractivity (Wildman–Crippen MR) is 110 cm³/mol. The third kappa shape index (κ3) is 3.97. The Morgan fingerprint density at radius 3 is 2.76 bits per heavy atom. The van der Waals surface area contributed by atoms with Crippen molar-refractivity contribution < 1.29 is 4.79 Å². The van der Waals surface area contributed by atoms with Gasteiger partial charge < -0.3 is 18.6 Å². The van der Waals surface area contributed by atoms with Crippen LogP contribution in [0.25, 0.3) is 0 Å². The van der Waals surface area contributed by atoms with Crippen LogP contribution in [-0.4, -0.2) is 52.8 Å². The van der Waals surface area contributed by atoms with Gasteiger partial charge >= 0.3 is 0 Å². The summed E-state index contributed by atoms with van der Waals surface area (Å²) in [5, 5.41) is 8.84. The molecular weight excluding hydrogens is 366 g/mol. The second-order valence-corrected chi connectivity index (χ2v) is 8.84. The van der Waals surface area contributed by atoms with E-state index < -0.39 is 0 Å². The standard InChI is InChI=1S/C21H29N7O/c1-21(2,3)28-10-7-17(13-28)20(29)27-9-5-6-16(12-27)19-24-23-18(25(19)4)14-26-11-8-22-15-26/h7-8,10-11,13,15-16H,5-6,9,12,14H2,1-4H3/t16-/m0/s1. The summed E-state index contributed by atoms with van der Waals surface area (Å²) in [7, 11) is 2.01. The van der Waals surface area contributed by atoms with Crippen molar-refractivity contribution in [2.45, 2.75) is 51.6 Å². The Kier molecular flexibility index (Phi) is 5.02. The molecule has 8 heteroatoms. The Hall–Kier alpha value is -2.90. The van der Waals surface area contributed by atoms with Crippen molar-refractivity contribution >= 4 is 5.91 Å².